The number of aryl methyl sites for hydroxylation is 1. The number of methoxy groups -OCH3 is 2. The first-order chi connectivity index (χ1) is 13.9. The van der Waals surface area contributed by atoms with Crippen LogP contribution in [0.4, 0.5) is 5.69 Å². The Hall–Kier alpha value is -2.16. The summed E-state index contributed by atoms with van der Waals surface area (Å²) >= 11 is 0. The summed E-state index contributed by atoms with van der Waals surface area (Å²) in [4.78, 5) is 8.69. The molecule has 0 radical (unpaired) electrons. The Morgan fingerprint density at radius 3 is 2.27 bits per heavy atom. The smallest absolute Gasteiger partial charge is 0.193 e. The van der Waals surface area contributed by atoms with Crippen molar-refractivity contribution in [2.24, 2.45) is 4.99 Å². The highest BCUT2D eigenvalue weighted by atomic mass is 127. The Balaban J connectivity index is 0.00000450. The maximum atomic E-state index is 5.40. The zero-order valence-corrected chi connectivity index (χ0v) is 21.5. The third-order valence-corrected chi connectivity index (χ3v) is 5.04. The second kappa shape index (κ2) is 12.5. The number of halogens is 1. The Kier molecular flexibility index (Phi) is 10.8. The molecule has 0 atom stereocenters. The average Bonchev–Trinajstić information content (AvgIpc) is 2.73. The molecule has 2 rings (SSSR count). The Morgan fingerprint density at radius 2 is 1.70 bits per heavy atom. The minimum Gasteiger partial charge on any atom is -0.493 e. The van der Waals surface area contributed by atoms with Crippen LogP contribution >= 0.6 is 24.0 Å². The molecule has 0 saturated heterocycles. The number of guanidine groups is 1. The molecule has 0 spiro atoms. The molecule has 30 heavy (non-hydrogen) atoms. The van der Waals surface area contributed by atoms with Gasteiger partial charge in [-0.2, -0.15) is 0 Å². The summed E-state index contributed by atoms with van der Waals surface area (Å²) in [6.07, 6.45) is 0.883. The van der Waals surface area contributed by atoms with Crippen LogP contribution in [0.1, 0.15) is 16.7 Å². The predicted molar refractivity (Wildman–Crippen MR) is 137 cm³/mol. The number of benzene rings is 2. The maximum Gasteiger partial charge on any atom is 0.193 e. The summed E-state index contributed by atoms with van der Waals surface area (Å²) in [5.41, 5.74) is 4.94. The molecule has 0 aliphatic heterocycles. The fourth-order valence-electron chi connectivity index (χ4n) is 3.15. The molecule has 166 valence electrons. The normalized spacial score (nSPS) is 10.8. The lowest BCUT2D eigenvalue weighted by atomic mass is 10.1. The number of rotatable bonds is 8. The van der Waals surface area contributed by atoms with Gasteiger partial charge in [-0.15, -0.1) is 24.0 Å². The van der Waals surface area contributed by atoms with Gasteiger partial charge in [-0.3, -0.25) is 4.99 Å². The fraction of sp³-hybridized carbons (Fsp3) is 0.435. The van der Waals surface area contributed by atoms with E-state index in [2.05, 4.69) is 72.4 Å². The third-order valence-electron chi connectivity index (χ3n) is 5.04. The lowest BCUT2D eigenvalue weighted by molar-refractivity contribution is 0.354. The van der Waals surface area contributed by atoms with Crippen molar-refractivity contribution in [2.75, 3.05) is 53.9 Å². The highest BCUT2D eigenvalue weighted by Gasteiger charge is 2.09. The zero-order valence-electron chi connectivity index (χ0n) is 19.2. The first-order valence-corrected chi connectivity index (χ1v) is 9.79. The zero-order chi connectivity index (χ0) is 21.4. The molecule has 0 aliphatic rings. The van der Waals surface area contributed by atoms with Gasteiger partial charge in [-0.1, -0.05) is 12.1 Å². The molecular weight excluding hydrogens is 491 g/mol. The number of hydrogen-bond acceptors (Lipinski definition) is 4. The van der Waals surface area contributed by atoms with Crippen molar-refractivity contribution < 1.29 is 9.47 Å². The van der Waals surface area contributed by atoms with Crippen molar-refractivity contribution in [1.82, 2.24) is 10.2 Å². The lowest BCUT2D eigenvalue weighted by Crippen LogP contribution is -2.39. The summed E-state index contributed by atoms with van der Waals surface area (Å²) in [7, 11) is 11.3. The highest BCUT2D eigenvalue weighted by Crippen LogP contribution is 2.27. The van der Waals surface area contributed by atoms with Gasteiger partial charge in [-0.25, -0.2) is 0 Å². The van der Waals surface area contributed by atoms with Crippen molar-refractivity contribution in [2.45, 2.75) is 19.9 Å². The average molecular weight is 526 g/mol. The van der Waals surface area contributed by atoms with E-state index in [1.54, 1.807) is 14.2 Å². The topological polar surface area (TPSA) is 49.3 Å². The van der Waals surface area contributed by atoms with Gasteiger partial charge in [0.25, 0.3) is 0 Å². The molecule has 0 aliphatic carbocycles. The number of hydrogen-bond donors (Lipinski definition) is 1. The molecule has 0 heterocycles. The van der Waals surface area contributed by atoms with Gasteiger partial charge in [-0.05, 0) is 54.3 Å². The molecular formula is C23H35IN4O2. The number of aliphatic imine (C=N–C) groups is 1. The van der Waals surface area contributed by atoms with Crippen LogP contribution < -0.4 is 19.7 Å². The van der Waals surface area contributed by atoms with Crippen molar-refractivity contribution in [3.63, 3.8) is 0 Å². The molecule has 7 heteroatoms. The van der Waals surface area contributed by atoms with Gasteiger partial charge in [0.15, 0.2) is 17.5 Å². The van der Waals surface area contributed by atoms with Gasteiger partial charge < -0.3 is 24.6 Å². The monoisotopic (exact) mass is 526 g/mol. The minimum atomic E-state index is 0. The summed E-state index contributed by atoms with van der Waals surface area (Å²) in [6.45, 7) is 3.73. The second-order valence-electron chi connectivity index (χ2n) is 7.27. The summed E-state index contributed by atoms with van der Waals surface area (Å²) < 4.78 is 10.7. The van der Waals surface area contributed by atoms with E-state index >= 15 is 0 Å². The molecule has 0 bridgehead atoms. The number of anilines is 1. The lowest BCUT2D eigenvalue weighted by Gasteiger charge is -2.23. The van der Waals surface area contributed by atoms with Crippen LogP contribution in [-0.4, -0.2) is 59.8 Å². The van der Waals surface area contributed by atoms with Crippen LogP contribution in [0.15, 0.2) is 41.4 Å². The van der Waals surface area contributed by atoms with Crippen molar-refractivity contribution >= 4 is 35.6 Å². The van der Waals surface area contributed by atoms with Gasteiger partial charge >= 0.3 is 0 Å². The number of nitrogens with zero attached hydrogens (tertiary/aromatic N) is 3. The summed E-state index contributed by atoms with van der Waals surface area (Å²) in [5, 5.41) is 3.47. The largest absolute Gasteiger partial charge is 0.493 e. The van der Waals surface area contributed by atoms with E-state index in [9.17, 15) is 0 Å². The van der Waals surface area contributed by atoms with Crippen LogP contribution in [0.2, 0.25) is 0 Å². The summed E-state index contributed by atoms with van der Waals surface area (Å²) in [5.74, 6) is 2.38. The number of ether oxygens (including phenoxy) is 2. The first-order valence-electron chi connectivity index (χ1n) is 9.79. The Labute approximate surface area is 198 Å². The third kappa shape index (κ3) is 6.97. The number of likely N-dealkylation sites (N-methyl/N-ethyl adjacent to an activating group) is 1. The second-order valence-corrected chi connectivity index (χ2v) is 7.27. The quantitative estimate of drug-likeness (QED) is 0.321. The molecule has 0 saturated carbocycles. The van der Waals surface area contributed by atoms with Crippen LogP contribution in [-0.2, 0) is 13.0 Å². The fourth-order valence-corrected chi connectivity index (χ4v) is 3.15. The Bertz CT molecular complexity index is 840. The van der Waals surface area contributed by atoms with Gasteiger partial charge in [0.1, 0.15) is 0 Å². The van der Waals surface area contributed by atoms with Crippen LogP contribution in [0.5, 0.6) is 11.5 Å². The maximum absolute atomic E-state index is 5.40. The van der Waals surface area contributed by atoms with Crippen LogP contribution in [0.25, 0.3) is 0 Å². The van der Waals surface area contributed by atoms with E-state index in [1.807, 2.05) is 19.2 Å². The molecule has 2 aromatic carbocycles. The number of nitrogens with one attached hydrogen (secondary N) is 1. The molecule has 1 N–H and O–H groups in total. The standard InChI is InChI=1S/C23H34N4O2.HI/c1-17-14-20(26(3)4)10-9-19(17)16-25-23(24-2)27(5)13-12-18-8-11-21(28-6)22(15-18)29-7;/h8-11,14-15H,12-13,16H2,1-7H3,(H,24,25);1H. The van der Waals surface area contributed by atoms with E-state index in [4.69, 9.17) is 9.47 Å². The van der Waals surface area contributed by atoms with Gasteiger partial charge in [0.05, 0.1) is 14.2 Å². The van der Waals surface area contributed by atoms with Crippen LogP contribution in [0.3, 0.4) is 0 Å². The van der Waals surface area contributed by atoms with E-state index in [0.29, 0.717) is 0 Å². The SMILES string of the molecule is CN=C(NCc1ccc(N(C)C)cc1C)N(C)CCc1ccc(OC)c(OC)c1.I. The van der Waals surface area contributed by atoms with Crippen molar-refractivity contribution in [1.29, 1.82) is 0 Å². The van der Waals surface area contributed by atoms with Crippen molar-refractivity contribution in [3.05, 3.63) is 53.1 Å². The first kappa shape index (κ1) is 25.9. The Morgan fingerprint density at radius 1 is 1.00 bits per heavy atom. The molecule has 2 aromatic rings. The molecule has 0 fully saturated rings. The minimum absolute atomic E-state index is 0. The van der Waals surface area contributed by atoms with E-state index < -0.39 is 0 Å². The molecule has 0 amide bonds. The van der Waals surface area contributed by atoms with Crippen LogP contribution in [0, 0.1) is 6.92 Å². The van der Waals surface area contributed by atoms with E-state index in [-0.39, 0.29) is 24.0 Å². The van der Waals surface area contributed by atoms with E-state index in [0.717, 1.165) is 37.0 Å². The van der Waals surface area contributed by atoms with E-state index in [1.165, 1.54) is 22.4 Å². The predicted octanol–water partition coefficient (Wildman–Crippen LogP) is 3.95. The molecule has 6 nitrogen and oxygen atoms in total. The van der Waals surface area contributed by atoms with Crippen molar-refractivity contribution in [3.8, 4) is 11.5 Å². The molecule has 0 aromatic heterocycles. The molecule has 0 unspecified atom stereocenters. The highest BCUT2D eigenvalue weighted by molar-refractivity contribution is 14.0. The summed E-state index contributed by atoms with van der Waals surface area (Å²) in [6, 6.07) is 12.6. The van der Waals surface area contributed by atoms with Gasteiger partial charge in [0.2, 0.25) is 0 Å². The van der Waals surface area contributed by atoms with Gasteiger partial charge in [0, 0.05) is 47.0 Å².